The zero-order valence-electron chi connectivity index (χ0n) is 20.3. The van der Waals surface area contributed by atoms with Crippen LogP contribution in [0.15, 0.2) is 90.0 Å². The first-order chi connectivity index (χ1) is 17.9. The number of thiocarbonyl (C=S) groups is 1. The predicted molar refractivity (Wildman–Crippen MR) is 155 cm³/mol. The van der Waals surface area contributed by atoms with Crippen molar-refractivity contribution in [2.24, 2.45) is 0 Å². The quantitative estimate of drug-likeness (QED) is 0.179. The van der Waals surface area contributed by atoms with Crippen molar-refractivity contribution in [1.82, 2.24) is 14.7 Å². The molecule has 5 nitrogen and oxygen atoms in total. The number of hydrogen-bond donors (Lipinski definition) is 0. The number of thioether (sulfide) groups is 1. The van der Waals surface area contributed by atoms with Crippen molar-refractivity contribution in [2.75, 3.05) is 0 Å². The second-order valence-corrected chi connectivity index (χ2v) is 10.9. The summed E-state index contributed by atoms with van der Waals surface area (Å²) in [6.45, 7) is 4.37. The van der Waals surface area contributed by atoms with Crippen LogP contribution >= 0.6 is 35.6 Å². The molecule has 1 aromatic heterocycles. The first-order valence-corrected chi connectivity index (χ1v) is 13.4. The van der Waals surface area contributed by atoms with E-state index in [0.29, 0.717) is 20.9 Å². The van der Waals surface area contributed by atoms with Gasteiger partial charge in [0.25, 0.3) is 5.91 Å². The summed E-state index contributed by atoms with van der Waals surface area (Å²) in [7, 11) is 0. The summed E-state index contributed by atoms with van der Waals surface area (Å²) in [5, 5.41) is 5.57. The summed E-state index contributed by atoms with van der Waals surface area (Å²) in [6, 6.07) is 25.3. The molecule has 186 valence electrons. The van der Waals surface area contributed by atoms with E-state index < -0.39 is 0 Å². The first-order valence-electron chi connectivity index (χ1n) is 11.8. The molecular formula is C29H24ClN3O2S2. The normalized spacial score (nSPS) is 14.7. The van der Waals surface area contributed by atoms with Crippen molar-refractivity contribution in [2.45, 2.75) is 26.5 Å². The van der Waals surface area contributed by atoms with Crippen LogP contribution in [-0.4, -0.2) is 30.9 Å². The zero-order valence-corrected chi connectivity index (χ0v) is 22.7. The van der Waals surface area contributed by atoms with Gasteiger partial charge in [0.1, 0.15) is 16.7 Å². The van der Waals surface area contributed by atoms with Crippen molar-refractivity contribution < 1.29 is 9.53 Å². The van der Waals surface area contributed by atoms with Crippen molar-refractivity contribution in [3.63, 3.8) is 0 Å². The summed E-state index contributed by atoms with van der Waals surface area (Å²) >= 11 is 12.8. The molecule has 3 aromatic carbocycles. The zero-order chi connectivity index (χ0) is 25.9. The van der Waals surface area contributed by atoms with Gasteiger partial charge in [-0.15, -0.1) is 0 Å². The largest absolute Gasteiger partial charge is 0.489 e. The molecule has 1 fully saturated rings. The summed E-state index contributed by atoms with van der Waals surface area (Å²) in [5.74, 6) is 0.676. The van der Waals surface area contributed by atoms with Gasteiger partial charge in [0.05, 0.1) is 16.3 Å². The minimum Gasteiger partial charge on any atom is -0.489 e. The third-order valence-electron chi connectivity index (χ3n) is 5.84. The molecule has 0 N–H and O–H groups in total. The van der Waals surface area contributed by atoms with Crippen molar-refractivity contribution in [1.29, 1.82) is 0 Å². The lowest BCUT2D eigenvalue weighted by Crippen LogP contribution is -2.34. The Morgan fingerprint density at radius 1 is 1.03 bits per heavy atom. The number of ether oxygens (including phenoxy) is 1. The molecule has 1 aliphatic heterocycles. The highest BCUT2D eigenvalue weighted by Crippen LogP contribution is 2.36. The average molecular weight is 546 g/mol. The Kier molecular flexibility index (Phi) is 7.46. The molecule has 0 spiro atoms. The van der Waals surface area contributed by atoms with E-state index in [1.165, 1.54) is 11.8 Å². The molecule has 8 heteroatoms. The number of hydrogen-bond acceptors (Lipinski definition) is 5. The predicted octanol–water partition coefficient (Wildman–Crippen LogP) is 7.38. The molecule has 1 aliphatic rings. The smallest absolute Gasteiger partial charge is 0.266 e. The van der Waals surface area contributed by atoms with Crippen molar-refractivity contribution in [3.8, 4) is 22.7 Å². The highest BCUT2D eigenvalue weighted by atomic mass is 35.5. The van der Waals surface area contributed by atoms with Gasteiger partial charge in [-0.05, 0) is 74.0 Å². The van der Waals surface area contributed by atoms with E-state index in [-0.39, 0.29) is 11.9 Å². The SMILES string of the molecule is CC(C)N1C(=O)/C(=C/c2cn(-c3ccccc3)nc2-c2ccc(OCc3ccc(Cl)cc3)cc2)SC1=S. The number of nitrogens with zero attached hydrogens (tertiary/aromatic N) is 3. The van der Waals surface area contributed by atoms with E-state index >= 15 is 0 Å². The van der Waals surface area contributed by atoms with Gasteiger partial charge in [0.15, 0.2) is 0 Å². The molecular weight excluding hydrogens is 522 g/mol. The second-order valence-electron chi connectivity index (χ2n) is 8.80. The third-order valence-corrected chi connectivity index (χ3v) is 7.42. The molecule has 0 saturated carbocycles. The van der Waals surface area contributed by atoms with E-state index in [1.807, 2.05) is 110 Å². The van der Waals surface area contributed by atoms with Crippen LogP contribution in [0.5, 0.6) is 5.75 Å². The Bertz CT molecular complexity index is 1460. The van der Waals surface area contributed by atoms with Gasteiger partial charge in [0, 0.05) is 28.4 Å². The van der Waals surface area contributed by atoms with Crippen LogP contribution < -0.4 is 4.74 Å². The van der Waals surface area contributed by atoms with E-state index in [0.717, 1.165) is 33.8 Å². The standard InChI is InChI=1S/C29H24ClN3O2S2/c1-19(2)33-28(34)26(37-29(33)36)16-22-17-32(24-6-4-3-5-7-24)31-27(22)21-10-14-25(15-11-21)35-18-20-8-12-23(30)13-9-20/h3-17,19H,18H2,1-2H3/b26-16-. The van der Waals surface area contributed by atoms with Crippen LogP contribution in [-0.2, 0) is 11.4 Å². The molecule has 0 atom stereocenters. The highest BCUT2D eigenvalue weighted by molar-refractivity contribution is 8.26. The summed E-state index contributed by atoms with van der Waals surface area (Å²) in [6.07, 6.45) is 3.83. The number of para-hydroxylation sites is 1. The lowest BCUT2D eigenvalue weighted by Gasteiger charge is -2.18. The van der Waals surface area contributed by atoms with E-state index in [4.69, 9.17) is 33.7 Å². The maximum absolute atomic E-state index is 13.0. The van der Waals surface area contributed by atoms with Gasteiger partial charge >= 0.3 is 0 Å². The minimum absolute atomic E-state index is 0.00493. The number of carbonyl (C=O) groups excluding carboxylic acids is 1. The Labute approximate surface area is 230 Å². The van der Waals surface area contributed by atoms with Gasteiger partial charge in [-0.1, -0.05) is 65.9 Å². The molecule has 0 aliphatic carbocycles. The Morgan fingerprint density at radius 2 is 1.73 bits per heavy atom. The van der Waals surface area contributed by atoms with Crippen molar-refractivity contribution in [3.05, 3.63) is 106 Å². The van der Waals surface area contributed by atoms with Crippen LogP contribution in [0.3, 0.4) is 0 Å². The molecule has 1 saturated heterocycles. The molecule has 37 heavy (non-hydrogen) atoms. The van der Waals surface area contributed by atoms with Crippen LogP contribution in [0.2, 0.25) is 5.02 Å². The van der Waals surface area contributed by atoms with Gasteiger partial charge in [0.2, 0.25) is 0 Å². The summed E-state index contributed by atoms with van der Waals surface area (Å²) in [4.78, 5) is 15.3. The molecule has 1 amide bonds. The highest BCUT2D eigenvalue weighted by Gasteiger charge is 2.34. The van der Waals surface area contributed by atoms with Gasteiger partial charge in [-0.3, -0.25) is 9.69 Å². The lowest BCUT2D eigenvalue weighted by molar-refractivity contribution is -0.123. The molecule has 0 radical (unpaired) electrons. The Hall–Kier alpha value is -3.39. The number of halogens is 1. The first kappa shape index (κ1) is 25.3. The maximum atomic E-state index is 13.0. The summed E-state index contributed by atoms with van der Waals surface area (Å²) in [5.41, 5.74) is 4.49. The average Bonchev–Trinajstić information content (AvgIpc) is 3.44. The number of carbonyl (C=O) groups is 1. The number of aromatic nitrogens is 2. The van der Waals surface area contributed by atoms with Crippen LogP contribution in [0, 0.1) is 0 Å². The lowest BCUT2D eigenvalue weighted by atomic mass is 10.1. The molecule has 0 bridgehead atoms. The van der Waals surface area contributed by atoms with E-state index in [2.05, 4.69) is 0 Å². The van der Waals surface area contributed by atoms with Gasteiger partial charge in [-0.25, -0.2) is 4.68 Å². The third kappa shape index (κ3) is 5.64. The fourth-order valence-corrected chi connectivity index (χ4v) is 5.59. The van der Waals surface area contributed by atoms with Crippen molar-refractivity contribution >= 4 is 51.9 Å². The number of benzene rings is 3. The minimum atomic E-state index is -0.0747. The van der Waals surface area contributed by atoms with E-state index in [1.54, 1.807) is 4.90 Å². The molecule has 4 aromatic rings. The summed E-state index contributed by atoms with van der Waals surface area (Å²) < 4.78 is 8.35. The second kappa shape index (κ2) is 10.9. The van der Waals surface area contributed by atoms with Crippen LogP contribution in [0.25, 0.3) is 23.0 Å². The van der Waals surface area contributed by atoms with E-state index in [9.17, 15) is 4.79 Å². The molecule has 2 heterocycles. The fraction of sp³-hybridized carbons (Fsp3) is 0.138. The monoisotopic (exact) mass is 545 g/mol. The maximum Gasteiger partial charge on any atom is 0.266 e. The Morgan fingerprint density at radius 3 is 2.38 bits per heavy atom. The van der Waals surface area contributed by atoms with Crippen LogP contribution in [0.1, 0.15) is 25.0 Å². The fourth-order valence-electron chi connectivity index (χ4n) is 3.95. The Balaban J connectivity index is 1.45. The number of amides is 1. The molecule has 5 rings (SSSR count). The number of rotatable bonds is 7. The van der Waals surface area contributed by atoms with Crippen LogP contribution in [0.4, 0.5) is 0 Å². The molecule has 0 unspecified atom stereocenters. The van der Waals surface area contributed by atoms with Gasteiger partial charge in [-0.2, -0.15) is 5.10 Å². The topological polar surface area (TPSA) is 47.4 Å². The van der Waals surface area contributed by atoms with Gasteiger partial charge < -0.3 is 4.74 Å².